The zero-order chi connectivity index (χ0) is 14.4. The van der Waals surface area contributed by atoms with Crippen molar-refractivity contribution in [3.63, 3.8) is 0 Å². The van der Waals surface area contributed by atoms with Gasteiger partial charge >= 0.3 is 11.8 Å². The molecule has 0 saturated carbocycles. The number of hydrogen-bond acceptors (Lipinski definition) is 3. The molecule has 0 saturated heterocycles. The van der Waals surface area contributed by atoms with Gasteiger partial charge < -0.3 is 10.6 Å². The molecule has 6 heteroatoms. The third-order valence-corrected chi connectivity index (χ3v) is 2.50. The number of rotatable bonds is 3. The highest BCUT2D eigenvalue weighted by Crippen LogP contribution is 2.11. The van der Waals surface area contributed by atoms with Crippen molar-refractivity contribution in [2.75, 3.05) is 5.32 Å². The second kappa shape index (κ2) is 6.42. The van der Waals surface area contributed by atoms with Gasteiger partial charge in [0.15, 0.2) is 0 Å². The molecular formula is C14H12FN3O2. The summed E-state index contributed by atoms with van der Waals surface area (Å²) in [6.45, 7) is 0.178. The van der Waals surface area contributed by atoms with Gasteiger partial charge in [-0.05, 0) is 23.8 Å². The molecule has 5 nitrogen and oxygen atoms in total. The Labute approximate surface area is 114 Å². The van der Waals surface area contributed by atoms with Crippen LogP contribution >= 0.6 is 0 Å². The van der Waals surface area contributed by atoms with E-state index in [1.165, 1.54) is 18.2 Å². The Morgan fingerprint density at radius 3 is 2.60 bits per heavy atom. The van der Waals surface area contributed by atoms with Gasteiger partial charge in [0.1, 0.15) is 5.82 Å². The highest BCUT2D eigenvalue weighted by Gasteiger charge is 2.14. The quantitative estimate of drug-likeness (QED) is 0.832. The maximum Gasteiger partial charge on any atom is 0.313 e. The first-order valence-electron chi connectivity index (χ1n) is 5.89. The Bertz CT molecular complexity index is 617. The Kier molecular flexibility index (Phi) is 4.39. The summed E-state index contributed by atoms with van der Waals surface area (Å²) in [6, 6.07) is 9.12. The van der Waals surface area contributed by atoms with Gasteiger partial charge in [0.25, 0.3) is 0 Å². The molecule has 2 amide bonds. The lowest BCUT2D eigenvalue weighted by Gasteiger charge is -2.07. The molecule has 0 spiro atoms. The van der Waals surface area contributed by atoms with Crippen molar-refractivity contribution in [1.29, 1.82) is 0 Å². The molecule has 102 valence electrons. The molecule has 0 aliphatic heterocycles. The van der Waals surface area contributed by atoms with Crippen LogP contribution in [0.15, 0.2) is 48.8 Å². The zero-order valence-electron chi connectivity index (χ0n) is 10.5. The number of nitrogens with one attached hydrogen (secondary N) is 2. The van der Waals surface area contributed by atoms with E-state index >= 15 is 0 Å². The lowest BCUT2D eigenvalue weighted by atomic mass is 10.3. The first kappa shape index (κ1) is 13.7. The Hall–Kier alpha value is -2.76. The largest absolute Gasteiger partial charge is 0.344 e. The van der Waals surface area contributed by atoms with Gasteiger partial charge in [0, 0.05) is 18.9 Å². The number of para-hydroxylation sites is 1. The number of carbonyl (C=O) groups is 2. The second-order valence-corrected chi connectivity index (χ2v) is 3.98. The molecule has 0 fully saturated rings. The topological polar surface area (TPSA) is 71.1 Å². The fourth-order valence-corrected chi connectivity index (χ4v) is 1.51. The molecule has 0 radical (unpaired) electrons. The van der Waals surface area contributed by atoms with Gasteiger partial charge in [-0.3, -0.25) is 14.6 Å². The fourth-order valence-electron chi connectivity index (χ4n) is 1.51. The Balaban J connectivity index is 1.90. The highest BCUT2D eigenvalue weighted by atomic mass is 19.1. The maximum absolute atomic E-state index is 13.3. The van der Waals surface area contributed by atoms with E-state index in [0.717, 1.165) is 5.56 Å². The first-order chi connectivity index (χ1) is 9.66. The van der Waals surface area contributed by atoms with Crippen molar-refractivity contribution in [2.24, 2.45) is 0 Å². The molecule has 0 aliphatic rings. The lowest BCUT2D eigenvalue weighted by molar-refractivity contribution is -0.136. The van der Waals surface area contributed by atoms with Crippen LogP contribution in [0, 0.1) is 5.82 Å². The SMILES string of the molecule is O=C(NCc1cccnc1)C(=O)Nc1ccccc1F. The van der Waals surface area contributed by atoms with Crippen LogP contribution in [0.3, 0.4) is 0 Å². The third-order valence-electron chi connectivity index (χ3n) is 2.50. The minimum Gasteiger partial charge on any atom is -0.344 e. The average molecular weight is 273 g/mol. The number of anilines is 1. The Morgan fingerprint density at radius 1 is 1.10 bits per heavy atom. The van der Waals surface area contributed by atoms with E-state index in [4.69, 9.17) is 0 Å². The Morgan fingerprint density at radius 2 is 1.90 bits per heavy atom. The molecule has 1 heterocycles. The van der Waals surface area contributed by atoms with Crippen molar-refractivity contribution in [3.8, 4) is 0 Å². The van der Waals surface area contributed by atoms with Crippen molar-refractivity contribution in [2.45, 2.75) is 6.54 Å². The number of halogens is 1. The van der Waals surface area contributed by atoms with Crippen molar-refractivity contribution in [1.82, 2.24) is 10.3 Å². The standard InChI is InChI=1S/C14H12FN3O2/c15-11-5-1-2-6-12(11)18-14(20)13(19)17-9-10-4-3-7-16-8-10/h1-8H,9H2,(H,17,19)(H,18,20). The van der Waals surface area contributed by atoms with Gasteiger partial charge in [-0.15, -0.1) is 0 Å². The second-order valence-electron chi connectivity index (χ2n) is 3.98. The van der Waals surface area contributed by atoms with E-state index in [1.54, 1.807) is 30.6 Å². The summed E-state index contributed by atoms with van der Waals surface area (Å²) in [5.74, 6) is -2.35. The molecule has 1 aromatic carbocycles. The summed E-state index contributed by atoms with van der Waals surface area (Å²) in [5.41, 5.74) is 0.730. The molecule has 2 aromatic rings. The smallest absolute Gasteiger partial charge is 0.313 e. The molecule has 0 atom stereocenters. The number of benzene rings is 1. The van der Waals surface area contributed by atoms with Crippen LogP contribution in [-0.4, -0.2) is 16.8 Å². The average Bonchev–Trinajstić information content (AvgIpc) is 2.48. The van der Waals surface area contributed by atoms with Gasteiger partial charge in [0.05, 0.1) is 5.69 Å². The minimum atomic E-state index is -0.918. The van der Waals surface area contributed by atoms with Gasteiger partial charge in [0.2, 0.25) is 0 Å². The van der Waals surface area contributed by atoms with Crippen molar-refractivity contribution < 1.29 is 14.0 Å². The van der Waals surface area contributed by atoms with E-state index < -0.39 is 17.6 Å². The van der Waals surface area contributed by atoms with Gasteiger partial charge in [-0.2, -0.15) is 0 Å². The molecule has 0 bridgehead atoms. The van der Waals surface area contributed by atoms with Crippen molar-refractivity contribution >= 4 is 17.5 Å². The van der Waals surface area contributed by atoms with E-state index in [2.05, 4.69) is 15.6 Å². The van der Waals surface area contributed by atoms with Crippen LogP contribution in [0.2, 0.25) is 0 Å². The van der Waals surface area contributed by atoms with Gasteiger partial charge in [-0.25, -0.2) is 4.39 Å². The van der Waals surface area contributed by atoms with E-state index in [-0.39, 0.29) is 12.2 Å². The number of nitrogens with zero attached hydrogens (tertiary/aromatic N) is 1. The van der Waals surface area contributed by atoms with Gasteiger partial charge in [-0.1, -0.05) is 18.2 Å². The number of hydrogen-bond donors (Lipinski definition) is 2. The molecular weight excluding hydrogens is 261 g/mol. The molecule has 1 aromatic heterocycles. The van der Waals surface area contributed by atoms with Crippen LogP contribution in [0.5, 0.6) is 0 Å². The molecule has 0 aliphatic carbocycles. The molecule has 2 N–H and O–H groups in total. The van der Waals surface area contributed by atoms with E-state index in [0.29, 0.717) is 0 Å². The number of amides is 2. The van der Waals surface area contributed by atoms with Crippen LogP contribution in [0.1, 0.15) is 5.56 Å². The van der Waals surface area contributed by atoms with Crippen LogP contribution < -0.4 is 10.6 Å². The zero-order valence-corrected chi connectivity index (χ0v) is 10.5. The van der Waals surface area contributed by atoms with Crippen molar-refractivity contribution in [3.05, 3.63) is 60.2 Å². The monoisotopic (exact) mass is 273 g/mol. The summed E-state index contributed by atoms with van der Waals surface area (Å²) in [6.07, 6.45) is 3.19. The highest BCUT2D eigenvalue weighted by molar-refractivity contribution is 6.39. The maximum atomic E-state index is 13.3. The third kappa shape index (κ3) is 3.61. The van der Waals surface area contributed by atoms with Crippen LogP contribution in [0.4, 0.5) is 10.1 Å². The summed E-state index contributed by atoms with van der Waals surface area (Å²) >= 11 is 0. The number of pyridine rings is 1. The van der Waals surface area contributed by atoms with Crippen LogP contribution in [-0.2, 0) is 16.1 Å². The molecule has 20 heavy (non-hydrogen) atoms. The predicted molar refractivity (Wildman–Crippen MR) is 71.1 cm³/mol. The minimum absolute atomic E-state index is 0.0333. The fraction of sp³-hybridized carbons (Fsp3) is 0.0714. The normalized spacial score (nSPS) is 9.85. The van der Waals surface area contributed by atoms with Crippen LogP contribution in [0.25, 0.3) is 0 Å². The lowest BCUT2D eigenvalue weighted by Crippen LogP contribution is -2.35. The summed E-state index contributed by atoms with van der Waals surface area (Å²) < 4.78 is 13.3. The summed E-state index contributed by atoms with van der Waals surface area (Å²) in [5, 5.41) is 4.63. The molecule has 2 rings (SSSR count). The van der Waals surface area contributed by atoms with E-state index in [1.807, 2.05) is 0 Å². The predicted octanol–water partition coefficient (Wildman–Crippen LogP) is 1.48. The van der Waals surface area contributed by atoms with E-state index in [9.17, 15) is 14.0 Å². The number of carbonyl (C=O) groups excluding carboxylic acids is 2. The summed E-state index contributed by atoms with van der Waals surface area (Å²) in [7, 11) is 0. The summed E-state index contributed by atoms with van der Waals surface area (Å²) in [4.78, 5) is 27.0. The molecule has 0 unspecified atom stereocenters. The first-order valence-corrected chi connectivity index (χ1v) is 5.89. The number of aromatic nitrogens is 1.